The Morgan fingerprint density at radius 3 is 2.55 bits per heavy atom. The van der Waals surface area contributed by atoms with Crippen LogP contribution >= 0.6 is 11.3 Å². The third-order valence-electron chi connectivity index (χ3n) is 2.91. The zero-order valence-corrected chi connectivity index (χ0v) is 10.7. The molecule has 0 fully saturated rings. The van der Waals surface area contributed by atoms with E-state index in [2.05, 4.69) is 4.98 Å². The van der Waals surface area contributed by atoms with Gasteiger partial charge in [-0.15, -0.1) is 11.3 Å². The number of fused-ring (bicyclic) bond motifs is 1. The van der Waals surface area contributed by atoms with Gasteiger partial charge in [-0.1, -0.05) is 12.1 Å². The molecule has 0 atom stereocenters. The van der Waals surface area contributed by atoms with Crippen LogP contribution in [-0.4, -0.2) is 15.9 Å². The summed E-state index contributed by atoms with van der Waals surface area (Å²) < 4.78 is 0.897. The van der Waals surface area contributed by atoms with Gasteiger partial charge in [-0.2, -0.15) is 10.5 Å². The van der Waals surface area contributed by atoms with Crippen LogP contribution in [0, 0.1) is 22.7 Å². The molecule has 0 saturated heterocycles. The van der Waals surface area contributed by atoms with E-state index in [1.807, 2.05) is 24.3 Å². The lowest BCUT2D eigenvalue weighted by Crippen LogP contribution is -2.22. The monoisotopic (exact) mass is 279 g/mol. The molecule has 1 aliphatic carbocycles. The third-order valence-corrected chi connectivity index (χ3v) is 3.96. The number of aliphatic hydroxyl groups excluding tert-OH is 1. The minimum Gasteiger partial charge on any atom is -0.506 e. The number of benzene rings is 1. The lowest BCUT2D eigenvalue weighted by Gasteiger charge is -2.18. The van der Waals surface area contributed by atoms with Gasteiger partial charge in [0, 0.05) is 0 Å². The number of carbonyl (C=O) groups excluding carboxylic acids is 1. The molecular weight excluding hydrogens is 274 g/mol. The molecule has 6 heteroatoms. The van der Waals surface area contributed by atoms with Gasteiger partial charge in [-0.05, 0) is 12.1 Å². The Morgan fingerprint density at radius 2 is 1.95 bits per heavy atom. The van der Waals surface area contributed by atoms with Gasteiger partial charge >= 0.3 is 0 Å². The number of rotatable bonds is 1. The van der Waals surface area contributed by atoms with E-state index in [1.54, 1.807) is 12.1 Å². The molecule has 5 nitrogen and oxygen atoms in total. The number of aromatic nitrogens is 1. The van der Waals surface area contributed by atoms with Crippen LogP contribution in [0.4, 0.5) is 0 Å². The van der Waals surface area contributed by atoms with Gasteiger partial charge in [0.05, 0.1) is 15.8 Å². The molecule has 1 aromatic carbocycles. The highest BCUT2D eigenvalue weighted by atomic mass is 32.1. The molecule has 0 radical (unpaired) electrons. The van der Waals surface area contributed by atoms with Crippen LogP contribution in [0.5, 0.6) is 0 Å². The quantitative estimate of drug-likeness (QED) is 0.638. The van der Waals surface area contributed by atoms with Crippen molar-refractivity contribution >= 4 is 32.9 Å². The number of allylic oxidation sites excluding steroid dienone is 3. The molecule has 0 amide bonds. The average Bonchev–Trinajstić information content (AvgIpc) is 2.87. The zero-order valence-electron chi connectivity index (χ0n) is 9.91. The van der Waals surface area contributed by atoms with Crippen molar-refractivity contribution < 1.29 is 9.90 Å². The van der Waals surface area contributed by atoms with Crippen LogP contribution in [0.2, 0.25) is 0 Å². The van der Waals surface area contributed by atoms with Gasteiger partial charge in [0.25, 0.3) is 0 Å². The van der Waals surface area contributed by atoms with Crippen molar-refractivity contribution in [3.05, 3.63) is 46.2 Å². The topological polar surface area (TPSA) is 97.8 Å². The third kappa shape index (κ3) is 1.53. The summed E-state index contributed by atoms with van der Waals surface area (Å²) in [5.74, 6) is -0.841. The summed E-state index contributed by atoms with van der Waals surface area (Å²) in [6, 6.07) is 10.6. The minimum absolute atomic E-state index is 0.0733. The van der Waals surface area contributed by atoms with E-state index in [0.29, 0.717) is 5.01 Å². The van der Waals surface area contributed by atoms with E-state index in [4.69, 9.17) is 10.5 Å². The Kier molecular flexibility index (Phi) is 2.60. The predicted molar refractivity (Wildman–Crippen MR) is 72.4 cm³/mol. The first-order valence-electron chi connectivity index (χ1n) is 5.56. The van der Waals surface area contributed by atoms with E-state index < -0.39 is 5.78 Å². The van der Waals surface area contributed by atoms with Gasteiger partial charge in [0.1, 0.15) is 34.1 Å². The number of hydrogen-bond acceptors (Lipinski definition) is 6. The van der Waals surface area contributed by atoms with Crippen LogP contribution in [0.1, 0.15) is 5.01 Å². The molecule has 94 valence electrons. The first kappa shape index (κ1) is 12.1. The first-order chi connectivity index (χ1) is 9.67. The minimum atomic E-state index is -0.514. The van der Waals surface area contributed by atoms with Crippen LogP contribution in [-0.2, 0) is 4.79 Å². The molecule has 0 bridgehead atoms. The molecule has 1 N–H and O–H groups in total. The fourth-order valence-corrected chi connectivity index (χ4v) is 2.96. The van der Waals surface area contributed by atoms with E-state index >= 15 is 0 Å². The maximum atomic E-state index is 12.0. The number of Topliss-reactive ketones (excluding diaryl/α,β-unsaturated/α-hetero) is 1. The summed E-state index contributed by atoms with van der Waals surface area (Å²) in [4.78, 5) is 16.3. The van der Waals surface area contributed by atoms with Crippen molar-refractivity contribution in [1.82, 2.24) is 4.98 Å². The standard InChI is InChI=1S/C14H5N3O2S/c15-5-7(6-16)10-12(18)11(13(10)19)14-17-8-3-1-2-4-9(8)20-14/h1-4,18H. The van der Waals surface area contributed by atoms with Gasteiger partial charge in [-0.3, -0.25) is 4.79 Å². The highest BCUT2D eigenvalue weighted by molar-refractivity contribution is 7.20. The van der Waals surface area contributed by atoms with E-state index in [0.717, 1.165) is 10.2 Å². The van der Waals surface area contributed by atoms with Crippen LogP contribution < -0.4 is 0 Å². The maximum Gasteiger partial charge on any atom is 0.205 e. The van der Waals surface area contributed by atoms with Crippen LogP contribution in [0.15, 0.2) is 41.2 Å². The van der Waals surface area contributed by atoms with E-state index in [9.17, 15) is 9.90 Å². The second kappa shape index (κ2) is 4.30. The number of hydrogen-bond donors (Lipinski definition) is 1. The molecule has 0 aliphatic heterocycles. The summed E-state index contributed by atoms with van der Waals surface area (Å²) >= 11 is 1.28. The van der Waals surface area contributed by atoms with Crippen LogP contribution in [0.25, 0.3) is 15.8 Å². The fourth-order valence-electron chi connectivity index (χ4n) is 1.95. The average molecular weight is 279 g/mol. The molecule has 0 saturated carbocycles. The lowest BCUT2D eigenvalue weighted by atomic mass is 9.85. The number of carbonyl (C=O) groups is 1. The molecule has 1 heterocycles. The number of para-hydroxylation sites is 1. The van der Waals surface area contributed by atoms with Crippen molar-refractivity contribution in [3.63, 3.8) is 0 Å². The van der Waals surface area contributed by atoms with Crippen LogP contribution in [0.3, 0.4) is 0 Å². The number of thiazole rings is 1. The smallest absolute Gasteiger partial charge is 0.205 e. The van der Waals surface area contributed by atoms with Crippen molar-refractivity contribution in [2.45, 2.75) is 0 Å². The molecule has 3 rings (SSSR count). The Bertz CT molecular complexity index is 857. The summed E-state index contributed by atoms with van der Waals surface area (Å²) in [7, 11) is 0. The second-order valence-electron chi connectivity index (χ2n) is 4.01. The second-order valence-corrected chi connectivity index (χ2v) is 5.04. The lowest BCUT2D eigenvalue weighted by molar-refractivity contribution is -0.111. The SMILES string of the molecule is N#CC(C#N)=C1C(=O)C(c2nc3ccccc3s2)=C1O. The number of nitrogens with zero attached hydrogens (tertiary/aromatic N) is 3. The molecule has 1 aliphatic rings. The fraction of sp³-hybridized carbons (Fsp3) is 0. The molecule has 0 unspecified atom stereocenters. The summed E-state index contributed by atoms with van der Waals surface area (Å²) in [6.07, 6.45) is 0. The normalized spacial score (nSPS) is 13.9. The van der Waals surface area contributed by atoms with Crippen molar-refractivity contribution in [1.29, 1.82) is 10.5 Å². The van der Waals surface area contributed by atoms with Gasteiger partial charge in [0.15, 0.2) is 0 Å². The number of ketones is 1. The molecule has 2 aromatic rings. The highest BCUT2D eigenvalue weighted by Gasteiger charge is 2.39. The zero-order chi connectivity index (χ0) is 14.3. The van der Waals surface area contributed by atoms with E-state index in [1.165, 1.54) is 11.3 Å². The Labute approximate surface area is 117 Å². The largest absolute Gasteiger partial charge is 0.506 e. The maximum absolute atomic E-state index is 12.0. The summed E-state index contributed by atoms with van der Waals surface area (Å²) in [6.45, 7) is 0. The van der Waals surface area contributed by atoms with E-state index in [-0.39, 0.29) is 22.5 Å². The van der Waals surface area contributed by atoms with Gasteiger partial charge in [-0.25, -0.2) is 4.98 Å². The Balaban J connectivity index is 2.18. The van der Waals surface area contributed by atoms with Gasteiger partial charge in [0.2, 0.25) is 5.78 Å². The summed E-state index contributed by atoms with van der Waals surface area (Å²) in [5.41, 5.74) is 0.213. The number of nitriles is 2. The Hall–Kier alpha value is -2.96. The Morgan fingerprint density at radius 1 is 1.25 bits per heavy atom. The molecular formula is C14H5N3O2S. The highest BCUT2D eigenvalue weighted by Crippen LogP contribution is 2.40. The van der Waals surface area contributed by atoms with Crippen molar-refractivity contribution in [2.24, 2.45) is 0 Å². The molecule has 20 heavy (non-hydrogen) atoms. The summed E-state index contributed by atoms with van der Waals surface area (Å²) in [5, 5.41) is 27.8. The van der Waals surface area contributed by atoms with Gasteiger partial charge < -0.3 is 5.11 Å². The predicted octanol–water partition coefficient (Wildman–Crippen LogP) is 2.49. The molecule has 1 aromatic heterocycles. The first-order valence-corrected chi connectivity index (χ1v) is 6.37. The van der Waals surface area contributed by atoms with Crippen molar-refractivity contribution in [3.8, 4) is 12.1 Å². The van der Waals surface area contributed by atoms with Crippen molar-refractivity contribution in [2.75, 3.05) is 0 Å². The number of aliphatic hydroxyl groups is 1. The molecule has 0 spiro atoms.